The molecule has 10 nitrogen and oxygen atoms in total. The number of hydrogen-bond donors (Lipinski definition) is 4. The Morgan fingerprint density at radius 3 is 1.97 bits per heavy atom. The summed E-state index contributed by atoms with van der Waals surface area (Å²) in [5, 5.41) is 21.4. The van der Waals surface area contributed by atoms with Crippen molar-refractivity contribution >= 4 is 33.4 Å². The number of hydrogen-bond acceptors (Lipinski definition) is 6. The summed E-state index contributed by atoms with van der Waals surface area (Å²) in [5.41, 5.74) is -1.93. The van der Waals surface area contributed by atoms with Gasteiger partial charge in [-0.05, 0) is 39.0 Å². The molecule has 0 bridgehead atoms. The fourth-order valence-electron chi connectivity index (χ4n) is 3.28. The average Bonchev–Trinajstić information content (AvgIpc) is 2.78. The van der Waals surface area contributed by atoms with Gasteiger partial charge in [-0.15, -0.1) is 0 Å². The number of sulfonamides is 1. The van der Waals surface area contributed by atoms with E-state index in [1.54, 1.807) is 4.72 Å². The van der Waals surface area contributed by atoms with Crippen LogP contribution in [0.5, 0.6) is 5.75 Å². The minimum absolute atomic E-state index is 0.0955. The van der Waals surface area contributed by atoms with E-state index in [0.717, 1.165) is 25.3 Å². The molecule has 2 aromatic carbocycles. The predicted octanol–water partition coefficient (Wildman–Crippen LogP) is 3.27. The Morgan fingerprint density at radius 2 is 1.54 bits per heavy atom. The topological polar surface area (TPSA) is 145 Å². The number of benzene rings is 2. The molecular weight excluding hydrogens is 533 g/mol. The maximum Gasteiger partial charge on any atom is 0.408 e. The van der Waals surface area contributed by atoms with Gasteiger partial charge in [-0.3, -0.25) is 14.4 Å². The second kappa shape index (κ2) is 10.8. The van der Waals surface area contributed by atoms with Gasteiger partial charge < -0.3 is 20.3 Å². The van der Waals surface area contributed by atoms with Crippen LogP contribution in [0, 0.1) is 29.1 Å². The van der Waals surface area contributed by atoms with Crippen molar-refractivity contribution in [3.63, 3.8) is 0 Å². The minimum Gasteiger partial charge on any atom is -0.495 e. The van der Waals surface area contributed by atoms with E-state index in [-0.39, 0.29) is 11.4 Å². The number of ether oxygens (including phenoxy) is 1. The molecule has 0 saturated heterocycles. The van der Waals surface area contributed by atoms with Crippen LogP contribution in [-0.2, 0) is 14.8 Å². The van der Waals surface area contributed by atoms with Crippen molar-refractivity contribution in [3.8, 4) is 5.75 Å². The third kappa shape index (κ3) is 6.02. The van der Waals surface area contributed by atoms with Crippen molar-refractivity contribution in [1.29, 1.82) is 0 Å². The molecule has 0 radical (unpaired) electrons. The van der Waals surface area contributed by atoms with E-state index in [4.69, 9.17) is 4.74 Å². The van der Waals surface area contributed by atoms with Gasteiger partial charge in [-0.1, -0.05) is 0 Å². The lowest BCUT2D eigenvalue weighted by atomic mass is 10.0. The number of carbonyl (C=O) groups excluding carboxylic acids is 1. The summed E-state index contributed by atoms with van der Waals surface area (Å²) in [5.74, 6) is -13.8. The lowest BCUT2D eigenvalue weighted by Gasteiger charge is -2.37. The Bertz CT molecular complexity index is 1300. The standard InChI is InChI=1S/C21H22F5N3O7S/c1-21(2,3)29(20(32)33)11(8-30)19(31)27-10-7-9(5-6-12(10)36-4)28-37(34,35)18-16(25)14(23)13(22)15(24)17(18)26/h5-7,11,28,30H,8H2,1-4H3,(H,27,31)(H,32,33)/t11-/m0/s1. The number of carboxylic acid groups (broad SMARTS) is 1. The van der Waals surface area contributed by atoms with Crippen molar-refractivity contribution in [2.75, 3.05) is 23.8 Å². The molecule has 2 amide bonds. The number of halogens is 5. The predicted molar refractivity (Wildman–Crippen MR) is 119 cm³/mol. The van der Waals surface area contributed by atoms with Crippen LogP contribution in [0.3, 0.4) is 0 Å². The quantitative estimate of drug-likeness (QED) is 0.222. The Kier molecular flexibility index (Phi) is 8.60. The van der Waals surface area contributed by atoms with Gasteiger partial charge in [0.05, 0.1) is 25.1 Å². The SMILES string of the molecule is COc1ccc(NS(=O)(=O)c2c(F)c(F)c(F)c(F)c2F)cc1NC(=O)[C@H](CO)N(C(=O)O)C(C)(C)C. The number of carbonyl (C=O) groups is 2. The van der Waals surface area contributed by atoms with Gasteiger partial charge in [0.1, 0.15) is 11.8 Å². The molecule has 2 rings (SSSR count). The summed E-state index contributed by atoms with van der Waals surface area (Å²) < 4.78 is 100. The molecule has 204 valence electrons. The molecule has 4 N–H and O–H groups in total. The molecule has 0 heterocycles. The monoisotopic (exact) mass is 555 g/mol. The van der Waals surface area contributed by atoms with E-state index < -0.39 is 79.9 Å². The van der Waals surface area contributed by atoms with E-state index in [1.807, 2.05) is 0 Å². The Hall–Kier alpha value is -3.66. The van der Waals surface area contributed by atoms with Gasteiger partial charge in [0.25, 0.3) is 10.0 Å². The fraction of sp³-hybridized carbons (Fsp3) is 0.333. The zero-order valence-electron chi connectivity index (χ0n) is 19.7. The van der Waals surface area contributed by atoms with Gasteiger partial charge in [0.2, 0.25) is 11.7 Å². The molecule has 0 saturated carbocycles. The van der Waals surface area contributed by atoms with Gasteiger partial charge >= 0.3 is 6.09 Å². The zero-order chi connectivity index (χ0) is 28.5. The Morgan fingerprint density at radius 1 is 1.03 bits per heavy atom. The van der Waals surface area contributed by atoms with Crippen LogP contribution in [0.25, 0.3) is 0 Å². The molecule has 0 unspecified atom stereocenters. The normalized spacial score (nSPS) is 12.6. The number of aliphatic hydroxyl groups excluding tert-OH is 1. The third-order valence-corrected chi connectivity index (χ3v) is 6.26. The Balaban J connectivity index is 2.49. The average molecular weight is 555 g/mol. The molecule has 16 heteroatoms. The molecule has 37 heavy (non-hydrogen) atoms. The maximum atomic E-state index is 14.0. The molecule has 0 aromatic heterocycles. The third-order valence-electron chi connectivity index (χ3n) is 4.86. The van der Waals surface area contributed by atoms with Crippen molar-refractivity contribution in [3.05, 3.63) is 47.3 Å². The minimum atomic E-state index is -5.39. The molecule has 0 fully saturated rings. The highest BCUT2D eigenvalue weighted by molar-refractivity contribution is 7.92. The van der Waals surface area contributed by atoms with Crippen LogP contribution in [0.1, 0.15) is 20.8 Å². The van der Waals surface area contributed by atoms with Crippen molar-refractivity contribution in [2.45, 2.75) is 37.2 Å². The Labute approximate surface area is 207 Å². The molecule has 0 aliphatic rings. The second-order valence-electron chi connectivity index (χ2n) is 8.43. The smallest absolute Gasteiger partial charge is 0.408 e. The van der Waals surface area contributed by atoms with E-state index in [0.29, 0.717) is 4.90 Å². The number of nitrogens with zero attached hydrogens (tertiary/aromatic N) is 1. The first kappa shape index (κ1) is 29.6. The van der Waals surface area contributed by atoms with Gasteiger partial charge in [-0.25, -0.2) is 35.2 Å². The molecule has 0 aliphatic heterocycles. The zero-order valence-corrected chi connectivity index (χ0v) is 20.5. The summed E-state index contributed by atoms with van der Waals surface area (Å²) in [6.45, 7) is 3.45. The van der Waals surface area contributed by atoms with Crippen molar-refractivity contribution < 1.29 is 54.9 Å². The van der Waals surface area contributed by atoms with Gasteiger partial charge in [0, 0.05) is 5.54 Å². The lowest BCUT2D eigenvalue weighted by Crippen LogP contribution is -2.57. The van der Waals surface area contributed by atoms with Gasteiger partial charge in [-0.2, -0.15) is 0 Å². The van der Waals surface area contributed by atoms with E-state index in [9.17, 15) is 50.2 Å². The van der Waals surface area contributed by atoms with Crippen LogP contribution in [0.4, 0.5) is 38.1 Å². The van der Waals surface area contributed by atoms with Gasteiger partial charge in [0.15, 0.2) is 28.2 Å². The number of nitrogens with one attached hydrogen (secondary N) is 2. The summed E-state index contributed by atoms with van der Waals surface area (Å²) in [6.07, 6.45) is -1.53. The molecule has 0 aliphatic carbocycles. The first-order valence-corrected chi connectivity index (χ1v) is 11.6. The largest absolute Gasteiger partial charge is 0.495 e. The van der Waals surface area contributed by atoms with Crippen molar-refractivity contribution in [2.24, 2.45) is 0 Å². The number of rotatable bonds is 8. The van der Waals surface area contributed by atoms with Crippen LogP contribution < -0.4 is 14.8 Å². The fourth-order valence-corrected chi connectivity index (χ4v) is 4.47. The highest BCUT2D eigenvalue weighted by atomic mass is 32.2. The number of aliphatic hydroxyl groups is 1. The number of amides is 2. The van der Waals surface area contributed by atoms with E-state index >= 15 is 0 Å². The van der Waals surface area contributed by atoms with Crippen LogP contribution in [0.2, 0.25) is 0 Å². The summed E-state index contributed by atoms with van der Waals surface area (Å²) in [4.78, 5) is 23.1. The number of anilines is 2. The summed E-state index contributed by atoms with van der Waals surface area (Å²) >= 11 is 0. The highest BCUT2D eigenvalue weighted by Crippen LogP contribution is 2.32. The van der Waals surface area contributed by atoms with Crippen LogP contribution >= 0.6 is 0 Å². The first-order valence-electron chi connectivity index (χ1n) is 10.1. The molecule has 2 aromatic rings. The number of methoxy groups -OCH3 is 1. The maximum absolute atomic E-state index is 14.0. The summed E-state index contributed by atoms with van der Waals surface area (Å²) in [7, 11) is -4.23. The van der Waals surface area contributed by atoms with Crippen LogP contribution in [-0.4, -0.2) is 60.8 Å². The van der Waals surface area contributed by atoms with Crippen LogP contribution in [0.15, 0.2) is 23.1 Å². The molecule has 0 spiro atoms. The molecular formula is C21H22F5N3O7S. The highest BCUT2D eigenvalue weighted by Gasteiger charge is 2.38. The first-order chi connectivity index (χ1) is 17.0. The second-order valence-corrected chi connectivity index (χ2v) is 10.0. The molecule has 1 atom stereocenters. The van der Waals surface area contributed by atoms with Crippen molar-refractivity contribution in [1.82, 2.24) is 4.90 Å². The summed E-state index contributed by atoms with van der Waals surface area (Å²) in [6, 6.07) is 1.31. The van der Waals surface area contributed by atoms with E-state index in [2.05, 4.69) is 5.32 Å². The lowest BCUT2D eigenvalue weighted by molar-refractivity contribution is -0.124. The van der Waals surface area contributed by atoms with E-state index in [1.165, 1.54) is 20.8 Å².